The topological polar surface area (TPSA) is 69.3 Å². The van der Waals surface area contributed by atoms with Crippen LogP contribution in [0.5, 0.6) is 0 Å². The average Bonchev–Trinajstić information content (AvgIpc) is 2.63. The molecule has 1 saturated heterocycles. The van der Waals surface area contributed by atoms with E-state index in [1.807, 2.05) is 14.0 Å². The van der Waals surface area contributed by atoms with E-state index in [-0.39, 0.29) is 11.1 Å². The van der Waals surface area contributed by atoms with Crippen molar-refractivity contribution in [2.24, 2.45) is 0 Å². The fraction of sp³-hybridized carbons (Fsp3) is 0.727. The molecule has 1 aromatic heterocycles. The van der Waals surface area contributed by atoms with Crippen LogP contribution in [0.2, 0.25) is 0 Å². The van der Waals surface area contributed by atoms with Gasteiger partial charge in [0.2, 0.25) is 0 Å². The molecule has 102 valence electrons. The summed E-state index contributed by atoms with van der Waals surface area (Å²) in [6.45, 7) is 5.94. The molecule has 1 fully saturated rings. The van der Waals surface area contributed by atoms with Crippen molar-refractivity contribution in [2.75, 3.05) is 26.7 Å². The minimum absolute atomic E-state index is 0.0221. The summed E-state index contributed by atoms with van der Waals surface area (Å²) in [7, 11) is -1.43. The third-order valence-corrected chi connectivity index (χ3v) is 5.18. The summed E-state index contributed by atoms with van der Waals surface area (Å²) in [5.41, 5.74) is 0. The normalized spacial score (nSPS) is 24.1. The Kier molecular flexibility index (Phi) is 3.74. The zero-order chi connectivity index (χ0) is 13.3. The Labute approximate surface area is 108 Å². The summed E-state index contributed by atoms with van der Waals surface area (Å²) in [6.07, 6.45) is 2.25. The van der Waals surface area contributed by atoms with Crippen LogP contribution in [0.3, 0.4) is 0 Å². The quantitative estimate of drug-likeness (QED) is 0.848. The van der Waals surface area contributed by atoms with Gasteiger partial charge in [-0.25, -0.2) is 13.4 Å². The second-order valence-electron chi connectivity index (χ2n) is 4.91. The molecule has 7 heteroatoms. The number of sulfonamides is 1. The van der Waals surface area contributed by atoms with Gasteiger partial charge in [0.05, 0.1) is 6.20 Å². The molecule has 0 saturated carbocycles. The van der Waals surface area contributed by atoms with Crippen LogP contribution in [0.1, 0.15) is 19.2 Å². The van der Waals surface area contributed by atoms with Crippen molar-refractivity contribution in [3.63, 3.8) is 0 Å². The molecule has 0 aliphatic carbocycles. The van der Waals surface area contributed by atoms with Gasteiger partial charge in [-0.2, -0.15) is 4.31 Å². The lowest BCUT2D eigenvalue weighted by Gasteiger charge is -2.26. The van der Waals surface area contributed by atoms with Gasteiger partial charge in [0.25, 0.3) is 10.0 Å². The van der Waals surface area contributed by atoms with Crippen molar-refractivity contribution < 1.29 is 8.42 Å². The molecule has 0 spiro atoms. The van der Waals surface area contributed by atoms with E-state index < -0.39 is 10.0 Å². The highest BCUT2D eigenvalue weighted by Crippen LogP contribution is 2.19. The van der Waals surface area contributed by atoms with Crippen LogP contribution < -0.4 is 0 Å². The van der Waals surface area contributed by atoms with Crippen LogP contribution in [-0.2, 0) is 10.0 Å². The second kappa shape index (κ2) is 4.99. The van der Waals surface area contributed by atoms with E-state index in [1.54, 1.807) is 11.2 Å². The summed E-state index contributed by atoms with van der Waals surface area (Å²) in [5, 5.41) is 0.191. The number of hydrogen-bond acceptors (Lipinski definition) is 4. The third-order valence-electron chi connectivity index (χ3n) is 3.25. The van der Waals surface area contributed by atoms with Gasteiger partial charge in [-0.1, -0.05) is 0 Å². The van der Waals surface area contributed by atoms with E-state index in [9.17, 15) is 8.42 Å². The van der Waals surface area contributed by atoms with Gasteiger partial charge in [0, 0.05) is 19.1 Å². The first-order chi connectivity index (χ1) is 8.41. The van der Waals surface area contributed by atoms with Gasteiger partial charge in [-0.05, 0) is 33.9 Å². The molecule has 1 aliphatic heterocycles. The summed E-state index contributed by atoms with van der Waals surface area (Å²) < 4.78 is 26.6. The Morgan fingerprint density at radius 1 is 1.44 bits per heavy atom. The summed E-state index contributed by atoms with van der Waals surface area (Å²) in [6, 6.07) is -0.0221. The zero-order valence-corrected chi connectivity index (χ0v) is 11.9. The van der Waals surface area contributed by atoms with E-state index in [4.69, 9.17) is 0 Å². The van der Waals surface area contributed by atoms with Crippen molar-refractivity contribution in [2.45, 2.75) is 31.3 Å². The lowest BCUT2D eigenvalue weighted by molar-refractivity contribution is 0.290. The fourth-order valence-electron chi connectivity index (χ4n) is 2.36. The smallest absolute Gasteiger partial charge is 0.260 e. The molecule has 1 unspecified atom stereocenters. The molecular weight excluding hydrogens is 252 g/mol. The highest BCUT2D eigenvalue weighted by molar-refractivity contribution is 7.89. The number of H-pyrrole nitrogens is 1. The van der Waals surface area contributed by atoms with Crippen molar-refractivity contribution in [3.8, 4) is 0 Å². The van der Waals surface area contributed by atoms with Gasteiger partial charge in [0.15, 0.2) is 5.03 Å². The summed E-state index contributed by atoms with van der Waals surface area (Å²) in [4.78, 5) is 8.95. The third kappa shape index (κ3) is 2.57. The Morgan fingerprint density at radius 2 is 2.17 bits per heavy atom. The van der Waals surface area contributed by atoms with Crippen molar-refractivity contribution >= 4 is 10.0 Å². The average molecular weight is 272 g/mol. The predicted octanol–water partition coefficient (Wildman–Crippen LogP) is 0.433. The highest BCUT2D eigenvalue weighted by Gasteiger charge is 2.32. The lowest BCUT2D eigenvalue weighted by atomic mass is 10.3. The first kappa shape index (κ1) is 13.5. The number of nitrogens with zero attached hydrogens (tertiary/aromatic N) is 3. The number of likely N-dealkylation sites (N-methyl/N-ethyl adjacent to an activating group) is 1. The standard InChI is InChI=1S/C11H20N4O2S/c1-9-8-14(3)5-4-6-15(9)18(16,17)11-7-12-10(2)13-11/h7,9H,4-6,8H2,1-3H3,(H,12,13). The van der Waals surface area contributed by atoms with E-state index in [0.717, 1.165) is 19.5 Å². The number of hydrogen-bond donors (Lipinski definition) is 1. The van der Waals surface area contributed by atoms with Gasteiger partial charge in [-0.15, -0.1) is 0 Å². The van der Waals surface area contributed by atoms with E-state index in [2.05, 4.69) is 14.9 Å². The molecular formula is C11H20N4O2S. The molecule has 6 nitrogen and oxygen atoms in total. The van der Waals surface area contributed by atoms with E-state index >= 15 is 0 Å². The Balaban J connectivity index is 2.29. The number of rotatable bonds is 2. The van der Waals surface area contributed by atoms with Crippen LogP contribution >= 0.6 is 0 Å². The number of aromatic nitrogens is 2. The Morgan fingerprint density at radius 3 is 2.78 bits per heavy atom. The molecule has 1 atom stereocenters. The number of imidazole rings is 1. The number of aromatic amines is 1. The molecule has 2 heterocycles. The molecule has 1 N–H and O–H groups in total. The molecule has 1 aliphatic rings. The maximum Gasteiger partial charge on any atom is 0.260 e. The number of aryl methyl sites for hydroxylation is 1. The predicted molar refractivity (Wildman–Crippen MR) is 68.8 cm³/mol. The van der Waals surface area contributed by atoms with Gasteiger partial charge in [0.1, 0.15) is 5.82 Å². The molecule has 1 aromatic rings. The zero-order valence-electron chi connectivity index (χ0n) is 11.0. The maximum atomic E-state index is 12.5. The Hall–Kier alpha value is -0.920. The van der Waals surface area contributed by atoms with Crippen LogP contribution in [0.4, 0.5) is 0 Å². The second-order valence-corrected chi connectivity index (χ2v) is 6.77. The van der Waals surface area contributed by atoms with Crippen molar-refractivity contribution in [1.29, 1.82) is 0 Å². The minimum Gasteiger partial charge on any atom is -0.332 e. The summed E-state index contributed by atoms with van der Waals surface area (Å²) >= 11 is 0. The SMILES string of the molecule is Cc1ncc(S(=O)(=O)N2CCCN(C)CC2C)[nH]1. The monoisotopic (exact) mass is 272 g/mol. The van der Waals surface area contributed by atoms with Gasteiger partial charge < -0.3 is 9.88 Å². The highest BCUT2D eigenvalue weighted by atomic mass is 32.2. The number of nitrogens with one attached hydrogen (secondary N) is 1. The first-order valence-electron chi connectivity index (χ1n) is 6.13. The minimum atomic E-state index is -3.45. The molecule has 18 heavy (non-hydrogen) atoms. The Bertz CT molecular complexity index is 511. The molecule has 0 bridgehead atoms. The van der Waals surface area contributed by atoms with Crippen LogP contribution in [0.15, 0.2) is 11.2 Å². The van der Waals surface area contributed by atoms with Crippen molar-refractivity contribution in [3.05, 3.63) is 12.0 Å². The molecule has 0 radical (unpaired) electrons. The van der Waals surface area contributed by atoms with Gasteiger partial charge in [-0.3, -0.25) is 0 Å². The van der Waals surface area contributed by atoms with Crippen molar-refractivity contribution in [1.82, 2.24) is 19.2 Å². The largest absolute Gasteiger partial charge is 0.332 e. The first-order valence-corrected chi connectivity index (χ1v) is 7.57. The van der Waals surface area contributed by atoms with E-state index in [1.165, 1.54) is 6.20 Å². The van der Waals surface area contributed by atoms with Gasteiger partial charge >= 0.3 is 0 Å². The molecule has 0 aromatic carbocycles. The van der Waals surface area contributed by atoms with E-state index in [0.29, 0.717) is 12.4 Å². The molecule has 0 amide bonds. The van der Waals surface area contributed by atoms with Crippen LogP contribution in [0, 0.1) is 6.92 Å². The molecule has 2 rings (SSSR count). The lowest BCUT2D eigenvalue weighted by Crippen LogP contribution is -2.42. The fourth-order valence-corrected chi connectivity index (χ4v) is 3.99. The van der Waals surface area contributed by atoms with Crippen LogP contribution in [0.25, 0.3) is 0 Å². The maximum absolute atomic E-state index is 12.5. The summed E-state index contributed by atoms with van der Waals surface area (Å²) in [5.74, 6) is 0.619. The van der Waals surface area contributed by atoms with Crippen LogP contribution in [-0.4, -0.2) is 60.3 Å².